The Morgan fingerprint density at radius 3 is 2.74 bits per heavy atom. The molecule has 2 heterocycles. The summed E-state index contributed by atoms with van der Waals surface area (Å²) in [5.41, 5.74) is 1.37. The molecule has 0 aliphatic carbocycles. The number of hydrogen-bond acceptors (Lipinski definition) is 4. The van der Waals surface area contributed by atoms with Crippen molar-refractivity contribution >= 4 is 17.4 Å². The van der Waals surface area contributed by atoms with Crippen molar-refractivity contribution in [3.63, 3.8) is 0 Å². The van der Waals surface area contributed by atoms with Gasteiger partial charge in [0.05, 0.1) is 17.8 Å². The first-order valence-electron chi connectivity index (χ1n) is 5.95. The van der Waals surface area contributed by atoms with Gasteiger partial charge in [0, 0.05) is 18.9 Å². The van der Waals surface area contributed by atoms with E-state index in [9.17, 15) is 0 Å². The molecule has 0 N–H and O–H groups in total. The summed E-state index contributed by atoms with van der Waals surface area (Å²) in [6.45, 7) is 3.36. The molecule has 0 unspecified atom stereocenters. The summed E-state index contributed by atoms with van der Waals surface area (Å²) in [7, 11) is 0. The molecule has 2 aromatic rings. The fraction of sp³-hybridized carbons (Fsp3) is 0.214. The second kappa shape index (κ2) is 6.17. The third-order valence-electron chi connectivity index (χ3n) is 2.75. The van der Waals surface area contributed by atoms with Crippen molar-refractivity contribution in [2.24, 2.45) is 0 Å². The van der Waals surface area contributed by atoms with E-state index >= 15 is 0 Å². The molecule has 0 fully saturated rings. The second-order valence-electron chi connectivity index (χ2n) is 3.94. The monoisotopic (exact) mass is 272 g/mol. The molecule has 0 aliphatic rings. The van der Waals surface area contributed by atoms with Gasteiger partial charge in [-0.2, -0.15) is 5.26 Å². The van der Waals surface area contributed by atoms with E-state index in [1.807, 2.05) is 30.0 Å². The summed E-state index contributed by atoms with van der Waals surface area (Å²) in [6.07, 6.45) is 3.35. The smallest absolute Gasteiger partial charge is 0.149 e. The first-order chi connectivity index (χ1) is 9.26. The van der Waals surface area contributed by atoms with Gasteiger partial charge in [0.1, 0.15) is 16.9 Å². The number of halogens is 1. The van der Waals surface area contributed by atoms with Crippen molar-refractivity contribution in [1.29, 1.82) is 5.26 Å². The number of nitrogens with zero attached hydrogens (tertiary/aromatic N) is 4. The van der Waals surface area contributed by atoms with Crippen molar-refractivity contribution in [1.82, 2.24) is 9.97 Å². The van der Waals surface area contributed by atoms with E-state index in [0.717, 1.165) is 12.2 Å². The lowest BCUT2D eigenvalue weighted by atomic mass is 10.2. The second-order valence-corrected chi connectivity index (χ2v) is 4.32. The van der Waals surface area contributed by atoms with Crippen molar-refractivity contribution in [3.05, 3.63) is 52.9 Å². The molecule has 0 saturated heterocycles. The van der Waals surface area contributed by atoms with E-state index in [2.05, 4.69) is 16.0 Å². The Balaban J connectivity index is 2.31. The third kappa shape index (κ3) is 3.01. The van der Waals surface area contributed by atoms with Gasteiger partial charge in [-0.1, -0.05) is 17.7 Å². The highest BCUT2D eigenvalue weighted by Gasteiger charge is 2.14. The summed E-state index contributed by atoms with van der Waals surface area (Å²) in [5.74, 6) is 0.619. The zero-order chi connectivity index (χ0) is 13.7. The van der Waals surface area contributed by atoms with Crippen LogP contribution in [0.25, 0.3) is 0 Å². The lowest BCUT2D eigenvalue weighted by Crippen LogP contribution is -2.24. The largest absolute Gasteiger partial charge is 0.350 e. The van der Waals surface area contributed by atoms with Crippen LogP contribution < -0.4 is 4.90 Å². The Kier molecular flexibility index (Phi) is 4.32. The van der Waals surface area contributed by atoms with Gasteiger partial charge in [-0.25, -0.2) is 4.98 Å². The van der Waals surface area contributed by atoms with Crippen LogP contribution in [0.15, 0.2) is 36.7 Å². The van der Waals surface area contributed by atoms with Crippen molar-refractivity contribution < 1.29 is 0 Å². The summed E-state index contributed by atoms with van der Waals surface area (Å²) < 4.78 is 0. The molecule has 0 atom stereocenters. The summed E-state index contributed by atoms with van der Waals surface area (Å²) in [5, 5.41) is 9.39. The zero-order valence-electron chi connectivity index (χ0n) is 10.5. The minimum atomic E-state index is 0.391. The first kappa shape index (κ1) is 13.3. The Morgan fingerprint density at radius 1 is 1.26 bits per heavy atom. The normalized spacial score (nSPS) is 9.95. The molecule has 19 heavy (non-hydrogen) atoms. The van der Waals surface area contributed by atoms with Crippen LogP contribution >= 0.6 is 11.6 Å². The average molecular weight is 273 g/mol. The highest BCUT2D eigenvalue weighted by molar-refractivity contribution is 6.34. The lowest BCUT2D eigenvalue weighted by molar-refractivity contribution is 0.794. The highest BCUT2D eigenvalue weighted by atomic mass is 35.5. The molecule has 0 spiro atoms. The molecule has 0 aromatic carbocycles. The molecule has 0 radical (unpaired) electrons. The average Bonchev–Trinajstić information content (AvgIpc) is 2.46. The molecule has 5 heteroatoms. The molecule has 0 aliphatic heterocycles. The van der Waals surface area contributed by atoms with Gasteiger partial charge in [0.25, 0.3) is 0 Å². The van der Waals surface area contributed by atoms with Crippen LogP contribution in [0.1, 0.15) is 18.2 Å². The van der Waals surface area contributed by atoms with Crippen LogP contribution in [-0.4, -0.2) is 16.5 Å². The van der Waals surface area contributed by atoms with Crippen molar-refractivity contribution in [2.45, 2.75) is 13.5 Å². The van der Waals surface area contributed by atoms with Crippen LogP contribution in [0.3, 0.4) is 0 Å². The number of hydrogen-bond donors (Lipinski definition) is 0. The number of nitriles is 1. The van der Waals surface area contributed by atoms with E-state index in [1.54, 1.807) is 18.5 Å². The topological polar surface area (TPSA) is 52.8 Å². The van der Waals surface area contributed by atoms with Gasteiger partial charge < -0.3 is 4.90 Å². The molecule has 2 aromatic heterocycles. The molecule has 2 rings (SSSR count). The minimum absolute atomic E-state index is 0.391. The predicted octanol–water partition coefficient (Wildman–Crippen LogP) is 3.03. The Morgan fingerprint density at radius 2 is 2.11 bits per heavy atom. The minimum Gasteiger partial charge on any atom is -0.350 e. The lowest BCUT2D eigenvalue weighted by Gasteiger charge is -2.22. The highest BCUT2D eigenvalue weighted by Crippen LogP contribution is 2.27. The van der Waals surface area contributed by atoms with Gasteiger partial charge >= 0.3 is 0 Å². The maximum Gasteiger partial charge on any atom is 0.149 e. The standard InChI is InChI=1S/C14H13ClN4/c1-2-19(10-12-5-3-4-7-17-12)14-13(15)11(9-16)6-8-18-14/h3-8H,2,10H2,1H3. The van der Waals surface area contributed by atoms with Gasteiger partial charge in [0.15, 0.2) is 0 Å². The maximum absolute atomic E-state index is 8.99. The van der Waals surface area contributed by atoms with Crippen molar-refractivity contribution in [3.8, 4) is 6.07 Å². The molecule has 4 nitrogen and oxygen atoms in total. The molecular formula is C14H13ClN4. The molecule has 96 valence electrons. The third-order valence-corrected chi connectivity index (χ3v) is 3.12. The quantitative estimate of drug-likeness (QED) is 0.858. The summed E-state index contributed by atoms with van der Waals surface area (Å²) in [6, 6.07) is 9.44. The van der Waals surface area contributed by atoms with Crippen LogP contribution in [0.2, 0.25) is 5.02 Å². The van der Waals surface area contributed by atoms with E-state index in [1.165, 1.54) is 0 Å². The van der Waals surface area contributed by atoms with Gasteiger partial charge in [-0.3, -0.25) is 4.98 Å². The number of pyridine rings is 2. The summed E-state index contributed by atoms with van der Waals surface area (Å²) >= 11 is 6.20. The van der Waals surface area contributed by atoms with Crippen LogP contribution in [0.4, 0.5) is 5.82 Å². The van der Waals surface area contributed by atoms with Gasteiger partial charge in [-0.05, 0) is 25.1 Å². The zero-order valence-corrected chi connectivity index (χ0v) is 11.3. The predicted molar refractivity (Wildman–Crippen MR) is 74.9 cm³/mol. The maximum atomic E-state index is 8.99. The number of anilines is 1. The molecule has 0 bridgehead atoms. The molecule has 0 amide bonds. The van der Waals surface area contributed by atoms with E-state index in [4.69, 9.17) is 16.9 Å². The van der Waals surface area contributed by atoms with Crippen molar-refractivity contribution in [2.75, 3.05) is 11.4 Å². The summed E-state index contributed by atoms with van der Waals surface area (Å²) in [4.78, 5) is 10.5. The Bertz CT molecular complexity index is 592. The number of rotatable bonds is 4. The van der Waals surface area contributed by atoms with E-state index in [0.29, 0.717) is 22.9 Å². The van der Waals surface area contributed by atoms with Gasteiger partial charge in [0.2, 0.25) is 0 Å². The fourth-order valence-corrected chi connectivity index (χ4v) is 2.04. The molecular weight excluding hydrogens is 260 g/mol. The van der Waals surface area contributed by atoms with E-state index in [-0.39, 0.29) is 0 Å². The van der Waals surface area contributed by atoms with Crippen LogP contribution in [0.5, 0.6) is 0 Å². The first-order valence-corrected chi connectivity index (χ1v) is 6.33. The number of aromatic nitrogens is 2. The van der Waals surface area contributed by atoms with Crippen LogP contribution in [0, 0.1) is 11.3 Å². The molecule has 0 saturated carbocycles. The fourth-order valence-electron chi connectivity index (χ4n) is 1.76. The van der Waals surface area contributed by atoms with E-state index < -0.39 is 0 Å². The Hall–Kier alpha value is -2.12. The van der Waals surface area contributed by atoms with Gasteiger partial charge in [-0.15, -0.1) is 0 Å². The van der Waals surface area contributed by atoms with Crippen LogP contribution in [-0.2, 0) is 6.54 Å². The Labute approximate surface area is 117 Å². The SMILES string of the molecule is CCN(Cc1ccccn1)c1nccc(C#N)c1Cl.